The van der Waals surface area contributed by atoms with Gasteiger partial charge in [0, 0.05) is 23.8 Å². The molecule has 0 amide bonds. The van der Waals surface area contributed by atoms with Crippen molar-refractivity contribution in [3.8, 4) is 5.00 Å². The molecule has 2 rings (SSSR count). The molecule has 2 nitrogen and oxygen atoms in total. The summed E-state index contributed by atoms with van der Waals surface area (Å²) in [6.45, 7) is 2.74. The highest BCUT2D eigenvalue weighted by atomic mass is 32.1. The first-order chi connectivity index (χ1) is 6.31. The summed E-state index contributed by atoms with van der Waals surface area (Å²) in [4.78, 5) is 1.27. The lowest BCUT2D eigenvalue weighted by atomic mass is 10.3. The molecule has 2 aromatic rings. The standard InChI is InChI=1S/C10H12N2S/c1-8-6-10(13-9(8)7-11)12-4-2-3-5-12/h2-6H,7,11H2,1H3. The Morgan fingerprint density at radius 1 is 1.38 bits per heavy atom. The number of aryl methyl sites for hydroxylation is 1. The first kappa shape index (κ1) is 8.53. The third-order valence-corrected chi connectivity index (χ3v) is 3.32. The highest BCUT2D eigenvalue weighted by molar-refractivity contribution is 7.14. The summed E-state index contributed by atoms with van der Waals surface area (Å²) in [5, 5.41) is 1.24. The lowest BCUT2D eigenvalue weighted by Gasteiger charge is -1.94. The second kappa shape index (κ2) is 3.36. The third-order valence-electron chi connectivity index (χ3n) is 2.05. The van der Waals surface area contributed by atoms with E-state index in [1.807, 2.05) is 24.5 Å². The average Bonchev–Trinajstić information content (AvgIpc) is 2.71. The third kappa shape index (κ3) is 1.53. The fourth-order valence-electron chi connectivity index (χ4n) is 1.31. The van der Waals surface area contributed by atoms with Gasteiger partial charge >= 0.3 is 0 Å². The smallest absolute Gasteiger partial charge is 0.0995 e. The molecule has 0 fully saturated rings. The van der Waals surface area contributed by atoms with Gasteiger partial charge in [0.1, 0.15) is 0 Å². The van der Waals surface area contributed by atoms with Gasteiger partial charge in [0.05, 0.1) is 5.00 Å². The molecular weight excluding hydrogens is 180 g/mol. The fraction of sp³-hybridized carbons (Fsp3) is 0.200. The molecular formula is C10H12N2S. The van der Waals surface area contributed by atoms with Gasteiger partial charge in [-0.3, -0.25) is 0 Å². The van der Waals surface area contributed by atoms with Crippen molar-refractivity contribution in [1.29, 1.82) is 0 Å². The summed E-state index contributed by atoms with van der Waals surface area (Å²) in [6, 6.07) is 6.22. The molecule has 0 saturated heterocycles. The van der Waals surface area contributed by atoms with Crippen LogP contribution >= 0.6 is 11.3 Å². The minimum atomic E-state index is 0.637. The average molecular weight is 192 g/mol. The molecule has 2 aromatic heterocycles. The fourth-order valence-corrected chi connectivity index (χ4v) is 2.33. The van der Waals surface area contributed by atoms with Gasteiger partial charge in [0.15, 0.2) is 0 Å². The normalized spacial score (nSPS) is 10.6. The number of nitrogens with two attached hydrogens (primary N) is 1. The van der Waals surface area contributed by atoms with Gasteiger partial charge < -0.3 is 10.3 Å². The van der Waals surface area contributed by atoms with Crippen molar-refractivity contribution in [2.24, 2.45) is 5.73 Å². The SMILES string of the molecule is Cc1cc(-n2cccc2)sc1CN. The molecule has 2 N–H and O–H groups in total. The van der Waals surface area contributed by atoms with E-state index in [2.05, 4.69) is 17.6 Å². The maximum atomic E-state index is 5.62. The van der Waals surface area contributed by atoms with Crippen molar-refractivity contribution in [3.05, 3.63) is 41.0 Å². The Balaban J connectivity index is 2.43. The van der Waals surface area contributed by atoms with Crippen molar-refractivity contribution in [1.82, 2.24) is 4.57 Å². The van der Waals surface area contributed by atoms with Gasteiger partial charge in [-0.1, -0.05) is 0 Å². The quantitative estimate of drug-likeness (QED) is 0.777. The zero-order valence-corrected chi connectivity index (χ0v) is 8.34. The van der Waals surface area contributed by atoms with Crippen LogP contribution in [0.4, 0.5) is 0 Å². The lowest BCUT2D eigenvalue weighted by Crippen LogP contribution is -1.93. The van der Waals surface area contributed by atoms with E-state index in [0.29, 0.717) is 6.54 Å². The van der Waals surface area contributed by atoms with Crippen LogP contribution in [-0.2, 0) is 6.54 Å². The monoisotopic (exact) mass is 192 g/mol. The number of thiophene rings is 1. The van der Waals surface area contributed by atoms with Gasteiger partial charge in [0.2, 0.25) is 0 Å². The summed E-state index contributed by atoms with van der Waals surface area (Å²) in [5.74, 6) is 0. The molecule has 2 heterocycles. The molecule has 0 bridgehead atoms. The van der Waals surface area contributed by atoms with Crippen LogP contribution in [0, 0.1) is 6.92 Å². The Labute approximate surface area is 81.6 Å². The van der Waals surface area contributed by atoms with Crippen molar-refractivity contribution >= 4 is 11.3 Å². The number of hydrogen-bond acceptors (Lipinski definition) is 2. The van der Waals surface area contributed by atoms with Crippen LogP contribution in [0.3, 0.4) is 0 Å². The molecule has 0 aliphatic rings. The van der Waals surface area contributed by atoms with Crippen LogP contribution < -0.4 is 5.73 Å². The number of rotatable bonds is 2. The molecule has 68 valence electrons. The Hall–Kier alpha value is -1.06. The molecule has 0 aliphatic carbocycles. The Bertz CT molecular complexity index is 387. The van der Waals surface area contributed by atoms with Crippen LogP contribution in [-0.4, -0.2) is 4.57 Å². The summed E-state index contributed by atoms with van der Waals surface area (Å²) < 4.78 is 2.11. The first-order valence-electron chi connectivity index (χ1n) is 4.24. The summed E-state index contributed by atoms with van der Waals surface area (Å²) >= 11 is 1.76. The highest BCUT2D eigenvalue weighted by Gasteiger charge is 2.04. The second-order valence-electron chi connectivity index (χ2n) is 2.99. The van der Waals surface area contributed by atoms with Gasteiger partial charge in [-0.25, -0.2) is 0 Å². The van der Waals surface area contributed by atoms with Crippen molar-refractivity contribution in [2.45, 2.75) is 13.5 Å². The van der Waals surface area contributed by atoms with Gasteiger partial charge in [-0.15, -0.1) is 11.3 Å². The largest absolute Gasteiger partial charge is 0.326 e. The number of nitrogens with zero attached hydrogens (tertiary/aromatic N) is 1. The Kier molecular flexibility index (Phi) is 2.20. The van der Waals surface area contributed by atoms with Gasteiger partial charge in [0.25, 0.3) is 0 Å². The highest BCUT2D eigenvalue weighted by Crippen LogP contribution is 2.24. The molecule has 0 atom stereocenters. The molecule has 0 spiro atoms. The number of aromatic nitrogens is 1. The van der Waals surface area contributed by atoms with Gasteiger partial charge in [-0.05, 0) is 30.7 Å². The van der Waals surface area contributed by atoms with Crippen molar-refractivity contribution in [2.75, 3.05) is 0 Å². The van der Waals surface area contributed by atoms with E-state index in [0.717, 1.165) is 0 Å². The molecule has 3 heteroatoms. The molecule has 0 saturated carbocycles. The predicted molar refractivity (Wildman–Crippen MR) is 56.3 cm³/mol. The molecule has 0 aliphatic heterocycles. The maximum absolute atomic E-state index is 5.62. The Morgan fingerprint density at radius 3 is 2.62 bits per heavy atom. The first-order valence-corrected chi connectivity index (χ1v) is 5.05. The van der Waals surface area contributed by atoms with E-state index in [-0.39, 0.29) is 0 Å². The molecule has 0 aromatic carbocycles. The van der Waals surface area contributed by atoms with E-state index in [4.69, 9.17) is 5.73 Å². The van der Waals surface area contributed by atoms with Crippen molar-refractivity contribution < 1.29 is 0 Å². The van der Waals surface area contributed by atoms with Crippen LogP contribution in [0.15, 0.2) is 30.6 Å². The van der Waals surface area contributed by atoms with E-state index < -0.39 is 0 Å². The summed E-state index contributed by atoms with van der Waals surface area (Å²) in [7, 11) is 0. The summed E-state index contributed by atoms with van der Waals surface area (Å²) in [6.07, 6.45) is 4.09. The summed E-state index contributed by atoms with van der Waals surface area (Å²) in [5.41, 5.74) is 6.91. The minimum Gasteiger partial charge on any atom is -0.326 e. The van der Waals surface area contributed by atoms with E-state index in [9.17, 15) is 0 Å². The van der Waals surface area contributed by atoms with E-state index >= 15 is 0 Å². The van der Waals surface area contributed by atoms with Crippen LogP contribution in [0.5, 0.6) is 0 Å². The molecule has 0 unspecified atom stereocenters. The van der Waals surface area contributed by atoms with Crippen molar-refractivity contribution in [3.63, 3.8) is 0 Å². The Morgan fingerprint density at radius 2 is 2.08 bits per heavy atom. The molecule has 0 radical (unpaired) electrons. The maximum Gasteiger partial charge on any atom is 0.0995 e. The topological polar surface area (TPSA) is 30.9 Å². The zero-order chi connectivity index (χ0) is 9.26. The number of hydrogen-bond donors (Lipinski definition) is 1. The van der Waals surface area contributed by atoms with E-state index in [1.54, 1.807) is 11.3 Å². The predicted octanol–water partition coefficient (Wildman–Crippen LogP) is 2.31. The van der Waals surface area contributed by atoms with Crippen LogP contribution in [0.25, 0.3) is 5.00 Å². The lowest BCUT2D eigenvalue weighted by molar-refractivity contribution is 1.09. The molecule has 13 heavy (non-hydrogen) atoms. The van der Waals surface area contributed by atoms with E-state index in [1.165, 1.54) is 15.4 Å². The van der Waals surface area contributed by atoms with Crippen LogP contribution in [0.1, 0.15) is 10.4 Å². The van der Waals surface area contributed by atoms with Crippen LogP contribution in [0.2, 0.25) is 0 Å². The minimum absolute atomic E-state index is 0.637. The second-order valence-corrected chi connectivity index (χ2v) is 4.10. The zero-order valence-electron chi connectivity index (χ0n) is 7.53. The van der Waals surface area contributed by atoms with Gasteiger partial charge in [-0.2, -0.15) is 0 Å².